The smallest absolute Gasteiger partial charge is 0.243 e. The third kappa shape index (κ3) is 3.81. The van der Waals surface area contributed by atoms with Gasteiger partial charge < -0.3 is 4.90 Å². The molecule has 1 fully saturated rings. The van der Waals surface area contributed by atoms with Crippen molar-refractivity contribution < 1.29 is 12.8 Å². The van der Waals surface area contributed by atoms with Crippen molar-refractivity contribution in [3.8, 4) is 0 Å². The van der Waals surface area contributed by atoms with Crippen molar-refractivity contribution in [1.82, 2.24) is 4.31 Å². The number of benzene rings is 2. The molecule has 0 atom stereocenters. The van der Waals surface area contributed by atoms with E-state index in [1.54, 1.807) is 24.3 Å². The summed E-state index contributed by atoms with van der Waals surface area (Å²) in [7, 11) is -3.49. The fourth-order valence-corrected chi connectivity index (χ4v) is 4.51. The van der Waals surface area contributed by atoms with Gasteiger partial charge in [-0.15, -0.1) is 0 Å². The number of hydrogen-bond acceptors (Lipinski definition) is 3. The van der Waals surface area contributed by atoms with Crippen molar-refractivity contribution in [2.45, 2.75) is 18.2 Å². The molecule has 4 nitrogen and oxygen atoms in total. The molecule has 134 valence electrons. The molecule has 0 aromatic heterocycles. The highest BCUT2D eigenvalue weighted by Gasteiger charge is 2.28. The second-order valence-electron chi connectivity index (χ2n) is 5.99. The van der Waals surface area contributed by atoms with Gasteiger partial charge in [-0.1, -0.05) is 30.7 Å². The van der Waals surface area contributed by atoms with E-state index < -0.39 is 15.8 Å². The maximum absolute atomic E-state index is 13.3. The summed E-state index contributed by atoms with van der Waals surface area (Å²) in [5.41, 5.74) is 1.91. The molecule has 1 aliphatic rings. The van der Waals surface area contributed by atoms with Gasteiger partial charge in [0.15, 0.2) is 0 Å². The van der Waals surface area contributed by atoms with Crippen LogP contribution in [0.1, 0.15) is 12.5 Å². The topological polar surface area (TPSA) is 40.6 Å². The highest BCUT2D eigenvalue weighted by molar-refractivity contribution is 7.89. The number of nitrogens with zero attached hydrogens (tertiary/aromatic N) is 2. The standard InChI is InChI=1S/C18H20ClFN2O2S/c1-2-14-3-6-16(7-4-14)25(23,24)22-11-9-21(10-12-22)15-5-8-18(20)17(19)13-15/h3-8,13H,2,9-12H2,1H3. The Bertz CT molecular complexity index is 848. The van der Waals surface area contributed by atoms with Crippen LogP contribution in [-0.2, 0) is 16.4 Å². The van der Waals surface area contributed by atoms with E-state index >= 15 is 0 Å². The molecule has 0 saturated carbocycles. The summed E-state index contributed by atoms with van der Waals surface area (Å²) in [5, 5.41) is 0.0727. The fourth-order valence-electron chi connectivity index (χ4n) is 2.91. The van der Waals surface area contributed by atoms with Gasteiger partial charge in [0, 0.05) is 31.9 Å². The fraction of sp³-hybridized carbons (Fsp3) is 0.333. The van der Waals surface area contributed by atoms with E-state index in [9.17, 15) is 12.8 Å². The number of aryl methyl sites for hydroxylation is 1. The molecular formula is C18H20ClFN2O2S. The first-order chi connectivity index (χ1) is 11.9. The normalized spacial score (nSPS) is 16.2. The highest BCUT2D eigenvalue weighted by atomic mass is 35.5. The summed E-state index contributed by atoms with van der Waals surface area (Å²) in [6.07, 6.45) is 0.874. The largest absolute Gasteiger partial charge is 0.369 e. The van der Waals surface area contributed by atoms with Crippen molar-refractivity contribution in [2.75, 3.05) is 31.1 Å². The van der Waals surface area contributed by atoms with Crippen LogP contribution >= 0.6 is 11.6 Å². The Hall–Kier alpha value is -1.63. The van der Waals surface area contributed by atoms with Gasteiger partial charge in [-0.05, 0) is 42.3 Å². The van der Waals surface area contributed by atoms with Gasteiger partial charge in [0.25, 0.3) is 0 Å². The molecule has 0 unspecified atom stereocenters. The predicted molar refractivity (Wildman–Crippen MR) is 98.2 cm³/mol. The molecule has 0 aliphatic carbocycles. The van der Waals surface area contributed by atoms with E-state index in [0.29, 0.717) is 31.1 Å². The van der Waals surface area contributed by atoms with Crippen LogP contribution in [0.5, 0.6) is 0 Å². The molecule has 1 heterocycles. The van der Waals surface area contributed by atoms with Gasteiger partial charge in [0.2, 0.25) is 10.0 Å². The molecule has 1 aliphatic heterocycles. The molecule has 3 rings (SSSR count). The zero-order valence-electron chi connectivity index (χ0n) is 14.0. The van der Waals surface area contributed by atoms with E-state index in [1.807, 2.05) is 24.0 Å². The van der Waals surface area contributed by atoms with Crippen LogP contribution in [0.4, 0.5) is 10.1 Å². The number of hydrogen-bond donors (Lipinski definition) is 0. The Morgan fingerprint density at radius 3 is 2.24 bits per heavy atom. The zero-order valence-corrected chi connectivity index (χ0v) is 15.5. The van der Waals surface area contributed by atoms with Crippen LogP contribution in [0.3, 0.4) is 0 Å². The van der Waals surface area contributed by atoms with Gasteiger partial charge in [0.05, 0.1) is 9.92 Å². The third-order valence-corrected chi connectivity index (χ3v) is 6.68. The Morgan fingerprint density at radius 1 is 1.04 bits per heavy atom. The van der Waals surface area contributed by atoms with Crippen molar-refractivity contribution in [1.29, 1.82) is 0 Å². The predicted octanol–water partition coefficient (Wildman–Crippen LogP) is 3.55. The summed E-state index contributed by atoms with van der Waals surface area (Å²) in [6, 6.07) is 11.6. The Morgan fingerprint density at radius 2 is 1.68 bits per heavy atom. The minimum Gasteiger partial charge on any atom is -0.369 e. The Kier molecular flexibility index (Phi) is 5.32. The average molecular weight is 383 g/mol. The second-order valence-corrected chi connectivity index (χ2v) is 8.33. The van der Waals surface area contributed by atoms with Crippen LogP contribution < -0.4 is 4.90 Å². The number of halogens is 2. The Labute approximate surface area is 152 Å². The van der Waals surface area contributed by atoms with E-state index in [1.165, 1.54) is 10.4 Å². The molecule has 0 N–H and O–H groups in total. The summed E-state index contributed by atoms with van der Waals surface area (Å²) in [6.45, 7) is 3.87. The SMILES string of the molecule is CCc1ccc(S(=O)(=O)N2CCN(c3ccc(F)c(Cl)c3)CC2)cc1. The number of sulfonamides is 1. The maximum Gasteiger partial charge on any atom is 0.243 e. The quantitative estimate of drug-likeness (QED) is 0.811. The monoisotopic (exact) mass is 382 g/mol. The minimum absolute atomic E-state index is 0.0727. The highest BCUT2D eigenvalue weighted by Crippen LogP contribution is 2.25. The molecule has 2 aromatic rings. The van der Waals surface area contributed by atoms with Gasteiger partial charge in [-0.3, -0.25) is 0 Å². The van der Waals surface area contributed by atoms with Crippen molar-refractivity contribution >= 4 is 27.3 Å². The van der Waals surface area contributed by atoms with E-state index in [2.05, 4.69) is 0 Å². The number of anilines is 1. The molecule has 0 amide bonds. The van der Waals surface area contributed by atoms with Crippen molar-refractivity contribution in [3.63, 3.8) is 0 Å². The third-order valence-electron chi connectivity index (χ3n) is 4.48. The molecular weight excluding hydrogens is 363 g/mol. The lowest BCUT2D eigenvalue weighted by molar-refractivity contribution is 0.385. The van der Waals surface area contributed by atoms with Crippen LogP contribution in [0.25, 0.3) is 0 Å². The second kappa shape index (κ2) is 7.32. The van der Waals surface area contributed by atoms with Gasteiger partial charge in [0.1, 0.15) is 5.82 Å². The molecule has 0 spiro atoms. The molecule has 0 bridgehead atoms. The first-order valence-corrected chi connectivity index (χ1v) is 10.0. The first-order valence-electron chi connectivity index (χ1n) is 8.21. The molecule has 1 saturated heterocycles. The molecule has 25 heavy (non-hydrogen) atoms. The first kappa shape index (κ1) is 18.2. The van der Waals surface area contributed by atoms with E-state index in [0.717, 1.165) is 17.7 Å². The van der Waals surface area contributed by atoms with Gasteiger partial charge in [-0.2, -0.15) is 4.31 Å². The lowest BCUT2D eigenvalue weighted by Gasteiger charge is -2.35. The van der Waals surface area contributed by atoms with Crippen molar-refractivity contribution in [2.24, 2.45) is 0 Å². The number of piperazine rings is 1. The lowest BCUT2D eigenvalue weighted by Crippen LogP contribution is -2.48. The number of rotatable bonds is 4. The lowest BCUT2D eigenvalue weighted by atomic mass is 10.2. The van der Waals surface area contributed by atoms with E-state index in [-0.39, 0.29) is 5.02 Å². The summed E-state index contributed by atoms with van der Waals surface area (Å²) < 4.78 is 40.3. The van der Waals surface area contributed by atoms with Crippen LogP contribution in [-0.4, -0.2) is 38.9 Å². The van der Waals surface area contributed by atoms with Crippen LogP contribution in [0.15, 0.2) is 47.4 Å². The van der Waals surface area contributed by atoms with Gasteiger partial charge in [-0.25, -0.2) is 12.8 Å². The molecule has 2 aromatic carbocycles. The zero-order chi connectivity index (χ0) is 18.0. The Balaban J connectivity index is 1.71. The summed E-state index contributed by atoms with van der Waals surface area (Å²) in [4.78, 5) is 2.33. The maximum atomic E-state index is 13.3. The summed E-state index contributed by atoms with van der Waals surface area (Å²) >= 11 is 5.83. The van der Waals surface area contributed by atoms with Gasteiger partial charge >= 0.3 is 0 Å². The average Bonchev–Trinajstić information content (AvgIpc) is 2.64. The summed E-state index contributed by atoms with van der Waals surface area (Å²) in [5.74, 6) is -0.456. The minimum atomic E-state index is -3.49. The van der Waals surface area contributed by atoms with E-state index in [4.69, 9.17) is 11.6 Å². The van der Waals surface area contributed by atoms with Crippen LogP contribution in [0, 0.1) is 5.82 Å². The molecule has 0 radical (unpaired) electrons. The molecule has 7 heteroatoms. The van der Waals surface area contributed by atoms with Crippen molar-refractivity contribution in [3.05, 3.63) is 58.9 Å². The van der Waals surface area contributed by atoms with Crippen LogP contribution in [0.2, 0.25) is 5.02 Å².